The van der Waals surface area contributed by atoms with Crippen LogP contribution < -0.4 is 0 Å². The average Bonchev–Trinajstić information content (AvgIpc) is 3.81. The number of alkyl halides is 4. The van der Waals surface area contributed by atoms with Gasteiger partial charge in [0.1, 0.15) is 0 Å². The molecule has 0 aliphatic rings. The van der Waals surface area contributed by atoms with Gasteiger partial charge in [0.05, 0.1) is 0 Å². The second kappa shape index (κ2) is 11.7. The third kappa shape index (κ3) is 6.25. The predicted octanol–water partition coefficient (Wildman–Crippen LogP) is 11.9. The van der Waals surface area contributed by atoms with Crippen molar-refractivity contribution in [3.63, 3.8) is 0 Å². The third-order valence-corrected chi connectivity index (χ3v) is 11.8. The summed E-state index contributed by atoms with van der Waals surface area (Å²) in [6.07, 6.45) is 0. The van der Waals surface area contributed by atoms with Crippen LogP contribution in [0, 0.1) is 0 Å². The van der Waals surface area contributed by atoms with E-state index in [1.165, 1.54) is 24.3 Å². The van der Waals surface area contributed by atoms with Gasteiger partial charge in [-0.15, -0.1) is 45.3 Å². The normalized spacial score (nSPS) is 12.0. The monoisotopic (exact) mass is 666 g/mol. The van der Waals surface area contributed by atoms with E-state index in [9.17, 15) is 27.2 Å². The van der Waals surface area contributed by atoms with Crippen LogP contribution in [0.1, 0.15) is 34.6 Å². The Morgan fingerprint density at radius 3 is 0.886 bits per heavy atom. The number of Topliss-reactive ketones (excluding diaryl/α,β-unsaturated/α-hetero) is 2. The van der Waals surface area contributed by atoms with Gasteiger partial charge in [-0.05, 0) is 59.7 Å². The maximum atomic E-state index is 13.4. The van der Waals surface area contributed by atoms with Gasteiger partial charge in [-0.2, -0.15) is 17.6 Å². The third-order valence-electron chi connectivity index (χ3n) is 6.81. The molecule has 0 atom stereocenters. The highest BCUT2D eigenvalue weighted by molar-refractivity contribution is 7.29. The number of hydrogen-bond donors (Lipinski definition) is 0. The molecule has 0 aliphatic heterocycles. The van der Waals surface area contributed by atoms with Gasteiger partial charge in [-0.25, -0.2) is 0 Å². The molecule has 0 amide bonds. The van der Waals surface area contributed by atoms with Crippen molar-refractivity contribution >= 4 is 56.9 Å². The van der Waals surface area contributed by atoms with Crippen molar-refractivity contribution in [1.82, 2.24) is 0 Å². The Labute approximate surface area is 266 Å². The van der Waals surface area contributed by atoms with E-state index < -0.39 is 23.4 Å². The molecule has 0 radical (unpaired) electrons. The molecule has 2 nitrogen and oxygen atoms in total. The first-order chi connectivity index (χ1) is 20.9. The summed E-state index contributed by atoms with van der Waals surface area (Å²) in [4.78, 5) is 32.3. The Hall–Kier alpha value is -3.70. The summed E-state index contributed by atoms with van der Waals surface area (Å²) >= 11 is 6.58. The molecule has 2 aromatic carbocycles. The van der Waals surface area contributed by atoms with E-state index in [1.54, 1.807) is 69.6 Å². The first-order valence-corrected chi connectivity index (χ1v) is 16.6. The van der Waals surface area contributed by atoms with Gasteiger partial charge in [0.15, 0.2) is 0 Å². The minimum atomic E-state index is -3.40. The average molecular weight is 667 g/mol. The minimum Gasteiger partial charge on any atom is -0.287 e. The first-order valence-electron chi connectivity index (χ1n) is 13.3. The van der Waals surface area contributed by atoms with Gasteiger partial charge in [0.2, 0.25) is 11.6 Å². The fourth-order valence-electron chi connectivity index (χ4n) is 4.54. The first kappa shape index (κ1) is 30.3. The summed E-state index contributed by atoms with van der Waals surface area (Å²) in [7, 11) is 0. The molecular formula is C34H22F4O2S4. The number of carbonyl (C=O) groups excluding carboxylic acids is 2. The SMILES string of the molecule is CC(F)(F)C(=O)c1ccc(-c2ccc(-c3ccc(-c4ccc(-c5ccc(-c6ccc(C(=O)C(C)(F)F)cc6)s5)s4)s3)s2)cc1. The van der Waals surface area contributed by atoms with Gasteiger partial charge >= 0.3 is 11.8 Å². The van der Waals surface area contributed by atoms with Gasteiger partial charge in [-0.3, -0.25) is 9.59 Å². The molecule has 6 rings (SSSR count). The molecule has 0 saturated carbocycles. The number of thiophene rings is 4. The standard InChI is InChI=1S/C34H22F4O2S4/c1-33(35,36)31(39)21-7-3-19(4-8-21)23-11-13-25(41-23)27-15-17-29(43-27)30-18-16-28(44-30)26-14-12-24(42-26)20-5-9-22(10-6-20)32(40)34(2,37)38/h3-18H,1-2H3. The van der Waals surface area contributed by atoms with Gasteiger partial charge in [-0.1, -0.05) is 48.5 Å². The maximum absolute atomic E-state index is 13.4. The minimum absolute atomic E-state index is 0.0107. The van der Waals surface area contributed by atoms with Crippen LogP contribution in [0.2, 0.25) is 0 Å². The Bertz CT molecular complexity index is 1820. The molecule has 0 unspecified atom stereocenters. The van der Waals surface area contributed by atoms with E-state index in [-0.39, 0.29) is 11.1 Å². The lowest BCUT2D eigenvalue weighted by molar-refractivity contribution is 0.0221. The summed E-state index contributed by atoms with van der Waals surface area (Å²) in [5.41, 5.74) is 1.70. The van der Waals surface area contributed by atoms with Crippen molar-refractivity contribution in [2.45, 2.75) is 25.7 Å². The number of hydrogen-bond acceptors (Lipinski definition) is 6. The zero-order valence-electron chi connectivity index (χ0n) is 23.2. The van der Waals surface area contributed by atoms with Gasteiger partial charge < -0.3 is 0 Å². The Morgan fingerprint density at radius 2 is 0.636 bits per heavy atom. The van der Waals surface area contributed by atoms with Crippen molar-refractivity contribution in [2.75, 3.05) is 0 Å². The highest BCUT2D eigenvalue weighted by Crippen LogP contribution is 2.45. The number of carbonyl (C=O) groups is 2. The lowest BCUT2D eigenvalue weighted by Crippen LogP contribution is -2.24. The van der Waals surface area contributed by atoms with Crippen molar-refractivity contribution in [1.29, 1.82) is 0 Å². The van der Waals surface area contributed by atoms with Crippen molar-refractivity contribution in [3.05, 3.63) is 108 Å². The molecular weight excluding hydrogens is 645 g/mol. The Balaban J connectivity index is 1.15. The van der Waals surface area contributed by atoms with Crippen LogP contribution in [0.15, 0.2) is 97.1 Å². The molecule has 0 fully saturated rings. The highest BCUT2D eigenvalue weighted by atomic mass is 32.1. The van der Waals surface area contributed by atoms with Crippen LogP contribution in [0.5, 0.6) is 0 Å². The van der Waals surface area contributed by atoms with Crippen molar-refractivity contribution < 1.29 is 27.2 Å². The zero-order valence-corrected chi connectivity index (χ0v) is 26.5. The van der Waals surface area contributed by atoms with E-state index in [0.717, 1.165) is 50.1 Å². The number of benzene rings is 2. The molecule has 0 bridgehead atoms. The van der Waals surface area contributed by atoms with Crippen LogP contribution in [-0.4, -0.2) is 23.4 Å². The van der Waals surface area contributed by atoms with E-state index in [0.29, 0.717) is 13.8 Å². The molecule has 4 aromatic heterocycles. The predicted molar refractivity (Wildman–Crippen MR) is 175 cm³/mol. The Morgan fingerprint density at radius 1 is 0.409 bits per heavy atom. The lowest BCUT2D eigenvalue weighted by atomic mass is 10.0. The highest BCUT2D eigenvalue weighted by Gasteiger charge is 2.33. The van der Waals surface area contributed by atoms with E-state index in [1.807, 2.05) is 24.3 Å². The van der Waals surface area contributed by atoms with Gasteiger partial charge in [0, 0.05) is 64.0 Å². The molecule has 0 spiro atoms. The largest absolute Gasteiger partial charge is 0.307 e. The molecule has 4 heterocycles. The summed E-state index contributed by atoms with van der Waals surface area (Å²) in [5.74, 6) is -9.18. The van der Waals surface area contributed by atoms with Gasteiger partial charge in [0.25, 0.3) is 0 Å². The van der Waals surface area contributed by atoms with E-state index in [2.05, 4.69) is 24.3 Å². The molecule has 44 heavy (non-hydrogen) atoms. The van der Waals surface area contributed by atoms with Crippen LogP contribution in [0.4, 0.5) is 17.6 Å². The summed E-state index contributed by atoms with van der Waals surface area (Å²) in [5, 5.41) is 0. The smallest absolute Gasteiger partial charge is 0.287 e. The second-order valence-corrected chi connectivity index (χ2v) is 14.6. The summed E-state index contributed by atoms with van der Waals surface area (Å²) in [6, 6.07) is 29.0. The zero-order chi connectivity index (χ0) is 31.2. The second-order valence-electron chi connectivity index (χ2n) is 10.2. The fraction of sp³-hybridized carbons (Fsp3) is 0.118. The lowest BCUT2D eigenvalue weighted by Gasteiger charge is -2.08. The summed E-state index contributed by atoms with van der Waals surface area (Å²) < 4.78 is 53.5. The quantitative estimate of drug-likeness (QED) is 0.114. The van der Waals surface area contributed by atoms with Crippen LogP contribution in [-0.2, 0) is 0 Å². The molecule has 6 aromatic rings. The molecule has 10 heteroatoms. The van der Waals surface area contributed by atoms with Crippen LogP contribution in [0.25, 0.3) is 50.1 Å². The fourth-order valence-corrected chi connectivity index (χ4v) is 8.84. The van der Waals surface area contributed by atoms with Crippen molar-refractivity contribution in [3.8, 4) is 50.1 Å². The molecule has 0 aliphatic carbocycles. The number of rotatable bonds is 9. The molecule has 222 valence electrons. The topological polar surface area (TPSA) is 34.1 Å². The number of halogens is 4. The maximum Gasteiger partial charge on any atom is 0.307 e. The number of ketones is 2. The van der Waals surface area contributed by atoms with E-state index in [4.69, 9.17) is 0 Å². The van der Waals surface area contributed by atoms with Crippen LogP contribution in [0.3, 0.4) is 0 Å². The molecule has 0 saturated heterocycles. The Kier molecular flexibility index (Phi) is 8.04. The van der Waals surface area contributed by atoms with Crippen LogP contribution >= 0.6 is 45.3 Å². The summed E-state index contributed by atoms with van der Waals surface area (Å²) in [6.45, 7) is 1.21. The molecule has 0 N–H and O–H groups in total. The van der Waals surface area contributed by atoms with Crippen molar-refractivity contribution in [2.24, 2.45) is 0 Å². The van der Waals surface area contributed by atoms with E-state index >= 15 is 0 Å².